The summed E-state index contributed by atoms with van der Waals surface area (Å²) in [6.07, 6.45) is 1.46. The number of carbonyl (C=O) groups is 2. The van der Waals surface area contributed by atoms with Gasteiger partial charge in [0.1, 0.15) is 11.1 Å². The van der Waals surface area contributed by atoms with E-state index in [0.29, 0.717) is 12.3 Å². The van der Waals surface area contributed by atoms with Crippen molar-refractivity contribution in [2.45, 2.75) is 13.0 Å². The van der Waals surface area contributed by atoms with Gasteiger partial charge in [-0.1, -0.05) is 0 Å². The Bertz CT molecular complexity index is 533. The number of hydrogen-bond donors (Lipinski definition) is 2. The van der Waals surface area contributed by atoms with E-state index in [1.54, 1.807) is 13.0 Å². The Hall–Kier alpha value is -2.15. The van der Waals surface area contributed by atoms with Crippen LogP contribution in [0.1, 0.15) is 17.4 Å². The van der Waals surface area contributed by atoms with Gasteiger partial charge in [0.2, 0.25) is 0 Å². The van der Waals surface area contributed by atoms with Gasteiger partial charge < -0.3 is 19.9 Å². The fourth-order valence-electron chi connectivity index (χ4n) is 2.02. The largest absolute Gasteiger partial charge is 0.481 e. The summed E-state index contributed by atoms with van der Waals surface area (Å²) < 4.78 is 9.85. The summed E-state index contributed by atoms with van der Waals surface area (Å²) in [5.41, 5.74) is -0.244. The second kappa shape index (κ2) is 5.46. The van der Waals surface area contributed by atoms with Crippen molar-refractivity contribution in [3.8, 4) is 0 Å². The van der Waals surface area contributed by atoms with Gasteiger partial charge in [0.25, 0.3) is 0 Å². The van der Waals surface area contributed by atoms with E-state index in [-0.39, 0.29) is 18.3 Å². The minimum absolute atomic E-state index is 0.148. The Balaban J connectivity index is 2.18. The first-order valence-electron chi connectivity index (χ1n) is 6.09. The van der Waals surface area contributed by atoms with Crippen molar-refractivity contribution in [1.82, 2.24) is 4.98 Å². The number of ether oxygens (including phenoxy) is 2. The first kappa shape index (κ1) is 14.3. The highest BCUT2D eigenvalue weighted by Crippen LogP contribution is 2.31. The molecule has 1 saturated heterocycles. The lowest BCUT2D eigenvalue weighted by Crippen LogP contribution is -2.43. The van der Waals surface area contributed by atoms with Gasteiger partial charge in [-0.15, -0.1) is 0 Å². The van der Waals surface area contributed by atoms with Gasteiger partial charge in [-0.05, 0) is 19.1 Å². The maximum Gasteiger partial charge on any atom is 0.356 e. The van der Waals surface area contributed by atoms with E-state index in [4.69, 9.17) is 4.74 Å². The van der Waals surface area contributed by atoms with Crippen LogP contribution in [0.2, 0.25) is 0 Å². The van der Waals surface area contributed by atoms with E-state index in [1.165, 1.54) is 19.4 Å². The minimum atomic E-state index is -1.01. The zero-order valence-electron chi connectivity index (χ0n) is 11.3. The molecule has 1 aliphatic rings. The average molecular weight is 280 g/mol. The van der Waals surface area contributed by atoms with E-state index >= 15 is 0 Å². The van der Waals surface area contributed by atoms with E-state index < -0.39 is 17.4 Å². The number of aromatic nitrogens is 1. The summed E-state index contributed by atoms with van der Waals surface area (Å²) in [5.74, 6) is -1.47. The van der Waals surface area contributed by atoms with E-state index in [2.05, 4.69) is 15.0 Å². The number of esters is 1. The number of anilines is 1. The van der Waals surface area contributed by atoms with E-state index in [0.717, 1.165) is 0 Å². The molecule has 1 aromatic heterocycles. The zero-order chi connectivity index (χ0) is 14.8. The molecule has 0 saturated carbocycles. The second-order valence-corrected chi connectivity index (χ2v) is 4.86. The third-order valence-electron chi connectivity index (χ3n) is 3.44. The van der Waals surface area contributed by atoms with Crippen LogP contribution in [0.5, 0.6) is 0 Å². The van der Waals surface area contributed by atoms with Crippen LogP contribution < -0.4 is 5.32 Å². The van der Waals surface area contributed by atoms with Gasteiger partial charge >= 0.3 is 11.9 Å². The molecule has 1 fully saturated rings. The van der Waals surface area contributed by atoms with Gasteiger partial charge in [0.15, 0.2) is 0 Å². The van der Waals surface area contributed by atoms with Crippen LogP contribution in [0.3, 0.4) is 0 Å². The van der Waals surface area contributed by atoms with Gasteiger partial charge in [-0.2, -0.15) is 0 Å². The number of methoxy groups -OCH3 is 1. The molecule has 20 heavy (non-hydrogen) atoms. The first-order valence-corrected chi connectivity index (χ1v) is 6.09. The van der Waals surface area contributed by atoms with Crippen LogP contribution in [0, 0.1) is 5.41 Å². The molecule has 0 aromatic carbocycles. The Morgan fingerprint density at radius 2 is 2.35 bits per heavy atom. The minimum Gasteiger partial charge on any atom is -0.481 e. The maximum absolute atomic E-state index is 11.4. The third-order valence-corrected chi connectivity index (χ3v) is 3.44. The Morgan fingerprint density at radius 3 is 3.00 bits per heavy atom. The van der Waals surface area contributed by atoms with Crippen molar-refractivity contribution in [2.75, 3.05) is 25.6 Å². The van der Waals surface area contributed by atoms with Crippen molar-refractivity contribution in [1.29, 1.82) is 0 Å². The summed E-state index contributed by atoms with van der Waals surface area (Å²) in [4.78, 5) is 26.6. The number of carboxylic acid groups (broad SMARTS) is 1. The molecule has 2 rings (SSSR count). The molecule has 0 aliphatic carbocycles. The molecule has 2 N–H and O–H groups in total. The van der Waals surface area contributed by atoms with Crippen LogP contribution in [0.25, 0.3) is 0 Å². The van der Waals surface area contributed by atoms with Crippen molar-refractivity contribution >= 4 is 17.6 Å². The molecule has 0 bridgehead atoms. The van der Waals surface area contributed by atoms with E-state index in [1.807, 2.05) is 0 Å². The molecule has 2 atom stereocenters. The number of pyridine rings is 1. The lowest BCUT2D eigenvalue weighted by molar-refractivity contribution is -0.148. The van der Waals surface area contributed by atoms with Gasteiger partial charge in [0, 0.05) is 11.9 Å². The average Bonchev–Trinajstić information content (AvgIpc) is 2.81. The number of hydrogen-bond acceptors (Lipinski definition) is 6. The van der Waals surface area contributed by atoms with Crippen LogP contribution in [0.15, 0.2) is 18.3 Å². The molecule has 1 aliphatic heterocycles. The smallest absolute Gasteiger partial charge is 0.356 e. The van der Waals surface area contributed by atoms with Crippen molar-refractivity contribution in [3.05, 3.63) is 24.0 Å². The van der Waals surface area contributed by atoms with E-state index in [9.17, 15) is 14.7 Å². The summed E-state index contributed by atoms with van der Waals surface area (Å²) in [6.45, 7) is 2.07. The molecule has 0 spiro atoms. The number of carboxylic acids is 1. The Labute approximate surface area is 115 Å². The summed E-state index contributed by atoms with van der Waals surface area (Å²) >= 11 is 0. The van der Waals surface area contributed by atoms with Crippen LogP contribution in [-0.2, 0) is 14.3 Å². The normalized spacial score (nSPS) is 25.2. The molecular weight excluding hydrogens is 264 g/mol. The predicted molar refractivity (Wildman–Crippen MR) is 69.5 cm³/mol. The summed E-state index contributed by atoms with van der Waals surface area (Å²) in [7, 11) is 1.27. The monoisotopic (exact) mass is 280 g/mol. The van der Waals surface area contributed by atoms with Gasteiger partial charge in [-0.3, -0.25) is 4.79 Å². The number of aliphatic carboxylic acids is 1. The summed E-state index contributed by atoms with van der Waals surface area (Å²) in [5, 5.41) is 12.4. The molecule has 7 nitrogen and oxygen atoms in total. The first-order chi connectivity index (χ1) is 9.47. The zero-order valence-corrected chi connectivity index (χ0v) is 11.3. The Morgan fingerprint density at radius 1 is 1.60 bits per heavy atom. The molecule has 7 heteroatoms. The number of nitrogens with one attached hydrogen (secondary N) is 1. The number of carbonyl (C=O) groups excluding carboxylic acids is 1. The molecule has 0 amide bonds. The van der Waals surface area contributed by atoms with Gasteiger partial charge in [0.05, 0.1) is 26.4 Å². The van der Waals surface area contributed by atoms with Crippen LogP contribution >= 0.6 is 0 Å². The van der Waals surface area contributed by atoms with Crippen molar-refractivity contribution in [2.24, 2.45) is 5.41 Å². The highest BCUT2D eigenvalue weighted by atomic mass is 16.5. The highest BCUT2D eigenvalue weighted by Gasteiger charge is 2.46. The van der Waals surface area contributed by atoms with Crippen molar-refractivity contribution < 1.29 is 24.2 Å². The standard InChI is InChI=1S/C13H16N2O5/c1-13(12(17)18)7-20-6-10(13)15-8-3-4-14-9(5-8)11(16)19-2/h3-5,10H,6-7H2,1-2H3,(H,14,15)(H,17,18). The fourth-order valence-corrected chi connectivity index (χ4v) is 2.02. The number of rotatable bonds is 4. The maximum atomic E-state index is 11.4. The van der Waals surface area contributed by atoms with Crippen molar-refractivity contribution in [3.63, 3.8) is 0 Å². The molecule has 0 radical (unpaired) electrons. The SMILES string of the molecule is COC(=O)c1cc(NC2COCC2(C)C(=O)O)ccn1. The summed E-state index contributed by atoms with van der Waals surface area (Å²) in [6, 6.07) is 2.80. The molecule has 1 aromatic rings. The van der Waals surface area contributed by atoms with Crippen LogP contribution in [0.4, 0.5) is 5.69 Å². The Kier molecular flexibility index (Phi) is 3.89. The topological polar surface area (TPSA) is 97.8 Å². The lowest BCUT2D eigenvalue weighted by Gasteiger charge is -2.26. The second-order valence-electron chi connectivity index (χ2n) is 4.86. The third kappa shape index (κ3) is 2.57. The molecule has 108 valence electrons. The quantitative estimate of drug-likeness (QED) is 0.786. The van der Waals surface area contributed by atoms with Gasteiger partial charge in [-0.25, -0.2) is 9.78 Å². The molecular formula is C13H16N2O5. The predicted octanol–water partition coefficient (Wildman–Crippen LogP) is 0.770. The number of nitrogens with zero attached hydrogens (tertiary/aromatic N) is 1. The fraction of sp³-hybridized carbons (Fsp3) is 0.462. The molecule has 2 unspecified atom stereocenters. The highest BCUT2D eigenvalue weighted by molar-refractivity contribution is 5.88. The lowest BCUT2D eigenvalue weighted by atomic mass is 9.85. The molecule has 2 heterocycles. The van der Waals surface area contributed by atoms with Crippen LogP contribution in [-0.4, -0.2) is 48.4 Å².